The van der Waals surface area contributed by atoms with E-state index in [9.17, 15) is 9.59 Å². The number of aliphatic carboxylic acids is 1. The topological polar surface area (TPSA) is 87.7 Å². The van der Waals surface area contributed by atoms with Crippen molar-refractivity contribution in [3.63, 3.8) is 0 Å². The lowest BCUT2D eigenvalue weighted by atomic mass is 10.0. The number of urea groups is 1. The molecule has 0 aromatic heterocycles. The van der Waals surface area contributed by atoms with Crippen LogP contribution in [-0.4, -0.2) is 30.3 Å². The highest BCUT2D eigenvalue weighted by atomic mass is 79.9. The fraction of sp³-hybridized carbons (Fsp3) is 0.429. The van der Waals surface area contributed by atoms with Crippen LogP contribution < -0.4 is 15.4 Å². The summed E-state index contributed by atoms with van der Waals surface area (Å²) in [7, 11) is 1.52. The van der Waals surface area contributed by atoms with Gasteiger partial charge in [0.05, 0.1) is 11.6 Å². The van der Waals surface area contributed by atoms with Gasteiger partial charge in [-0.15, -0.1) is 0 Å². The number of benzene rings is 1. The zero-order chi connectivity index (χ0) is 16.0. The molecule has 1 rings (SSSR count). The van der Waals surface area contributed by atoms with Crippen LogP contribution in [0.1, 0.15) is 20.3 Å². The molecule has 0 bridgehead atoms. The molecule has 0 fully saturated rings. The molecule has 6 nitrogen and oxygen atoms in total. The number of methoxy groups -OCH3 is 1. The fourth-order valence-electron chi connectivity index (χ4n) is 1.76. The van der Waals surface area contributed by atoms with Crippen LogP contribution in [0.15, 0.2) is 22.7 Å². The van der Waals surface area contributed by atoms with Gasteiger partial charge in [0.2, 0.25) is 0 Å². The van der Waals surface area contributed by atoms with Gasteiger partial charge in [0, 0.05) is 11.8 Å². The van der Waals surface area contributed by atoms with Gasteiger partial charge in [-0.1, -0.05) is 13.8 Å². The average molecular weight is 359 g/mol. The predicted octanol–water partition coefficient (Wildman–Crippen LogP) is 3.08. The molecule has 1 aromatic carbocycles. The summed E-state index contributed by atoms with van der Waals surface area (Å²) in [5.74, 6) is -0.309. The maximum absolute atomic E-state index is 11.9. The maximum atomic E-state index is 11.9. The van der Waals surface area contributed by atoms with E-state index < -0.39 is 18.0 Å². The van der Waals surface area contributed by atoms with Gasteiger partial charge in [-0.05, 0) is 40.4 Å². The van der Waals surface area contributed by atoms with E-state index in [2.05, 4.69) is 26.6 Å². The number of carbonyl (C=O) groups is 2. The Labute approximate surface area is 132 Å². The molecule has 0 spiro atoms. The Balaban J connectivity index is 2.69. The van der Waals surface area contributed by atoms with Crippen LogP contribution in [-0.2, 0) is 4.79 Å². The zero-order valence-electron chi connectivity index (χ0n) is 12.1. The summed E-state index contributed by atoms with van der Waals surface area (Å²) < 4.78 is 5.89. The molecular formula is C14H19BrN2O4. The largest absolute Gasteiger partial charge is 0.495 e. The zero-order valence-corrected chi connectivity index (χ0v) is 13.7. The van der Waals surface area contributed by atoms with E-state index in [1.165, 1.54) is 7.11 Å². The molecule has 0 saturated carbocycles. The number of halogens is 1. The highest BCUT2D eigenvalue weighted by molar-refractivity contribution is 9.10. The summed E-state index contributed by atoms with van der Waals surface area (Å²) >= 11 is 3.31. The first kappa shape index (κ1) is 17.3. The van der Waals surface area contributed by atoms with Crippen molar-refractivity contribution in [2.75, 3.05) is 12.4 Å². The average Bonchev–Trinajstić information content (AvgIpc) is 2.39. The van der Waals surface area contributed by atoms with E-state index >= 15 is 0 Å². The van der Waals surface area contributed by atoms with Gasteiger partial charge < -0.3 is 20.5 Å². The molecule has 0 aliphatic heterocycles. The molecule has 7 heteroatoms. The number of amides is 2. The molecule has 0 aliphatic rings. The molecule has 3 N–H and O–H groups in total. The Morgan fingerprint density at radius 1 is 1.38 bits per heavy atom. The molecule has 1 aromatic rings. The number of hydrogen-bond acceptors (Lipinski definition) is 3. The number of carboxylic acids is 1. The van der Waals surface area contributed by atoms with Gasteiger partial charge in [-0.2, -0.15) is 0 Å². The highest BCUT2D eigenvalue weighted by Gasteiger charge is 2.21. The van der Waals surface area contributed by atoms with Gasteiger partial charge in [0.15, 0.2) is 0 Å². The van der Waals surface area contributed by atoms with Crippen LogP contribution in [0.2, 0.25) is 0 Å². The molecule has 2 amide bonds. The van der Waals surface area contributed by atoms with E-state index in [1.807, 2.05) is 13.8 Å². The molecular weight excluding hydrogens is 340 g/mol. The van der Waals surface area contributed by atoms with Crippen molar-refractivity contribution in [3.05, 3.63) is 22.7 Å². The van der Waals surface area contributed by atoms with Crippen molar-refractivity contribution in [1.82, 2.24) is 5.32 Å². The second-order valence-corrected chi connectivity index (χ2v) is 5.82. The van der Waals surface area contributed by atoms with Crippen LogP contribution in [0.5, 0.6) is 5.75 Å². The Morgan fingerprint density at radius 2 is 2.05 bits per heavy atom. The quantitative estimate of drug-likeness (QED) is 0.728. The van der Waals surface area contributed by atoms with E-state index in [0.717, 1.165) is 4.47 Å². The number of rotatable bonds is 6. The van der Waals surface area contributed by atoms with Crippen LogP contribution >= 0.6 is 15.9 Å². The van der Waals surface area contributed by atoms with E-state index in [-0.39, 0.29) is 5.92 Å². The van der Waals surface area contributed by atoms with E-state index in [0.29, 0.717) is 17.9 Å². The van der Waals surface area contributed by atoms with Crippen LogP contribution in [0.25, 0.3) is 0 Å². The lowest BCUT2D eigenvalue weighted by Crippen LogP contribution is -2.43. The van der Waals surface area contributed by atoms with E-state index in [1.54, 1.807) is 18.2 Å². The summed E-state index contributed by atoms with van der Waals surface area (Å²) in [4.78, 5) is 23.0. The van der Waals surface area contributed by atoms with E-state index in [4.69, 9.17) is 9.84 Å². The van der Waals surface area contributed by atoms with Gasteiger partial charge in [0.25, 0.3) is 0 Å². The third-order valence-corrected chi connectivity index (χ3v) is 3.37. The normalized spacial score (nSPS) is 11.9. The molecule has 0 radical (unpaired) electrons. The van der Waals surface area contributed by atoms with Crippen LogP contribution in [0, 0.1) is 5.92 Å². The standard InChI is InChI=1S/C14H19BrN2O4/c1-8(2)6-11(13(18)19)17-14(20)16-9-4-5-10(15)12(7-9)21-3/h4-5,7-8,11H,6H2,1-3H3,(H,18,19)(H2,16,17,20)/t11-/m0/s1. The Morgan fingerprint density at radius 3 is 2.57 bits per heavy atom. The van der Waals surface area contributed by atoms with Crippen molar-refractivity contribution < 1.29 is 19.4 Å². The highest BCUT2D eigenvalue weighted by Crippen LogP contribution is 2.27. The molecule has 0 unspecified atom stereocenters. The Hall–Kier alpha value is -1.76. The summed E-state index contributed by atoms with van der Waals surface area (Å²) in [6.07, 6.45) is 0.367. The summed E-state index contributed by atoms with van der Waals surface area (Å²) in [6.45, 7) is 3.80. The lowest BCUT2D eigenvalue weighted by molar-refractivity contribution is -0.139. The number of anilines is 1. The van der Waals surface area contributed by atoms with Crippen molar-refractivity contribution in [3.8, 4) is 5.75 Å². The molecule has 0 saturated heterocycles. The van der Waals surface area contributed by atoms with Crippen molar-refractivity contribution in [2.24, 2.45) is 5.92 Å². The number of carbonyl (C=O) groups excluding carboxylic acids is 1. The number of hydrogen-bond donors (Lipinski definition) is 3. The number of nitrogens with one attached hydrogen (secondary N) is 2. The van der Waals surface area contributed by atoms with Crippen molar-refractivity contribution in [2.45, 2.75) is 26.3 Å². The van der Waals surface area contributed by atoms with Gasteiger partial charge in [-0.25, -0.2) is 9.59 Å². The maximum Gasteiger partial charge on any atom is 0.326 e. The Bertz CT molecular complexity index is 520. The molecule has 21 heavy (non-hydrogen) atoms. The van der Waals surface area contributed by atoms with Crippen molar-refractivity contribution >= 4 is 33.6 Å². The first-order valence-electron chi connectivity index (χ1n) is 6.47. The molecule has 0 heterocycles. The van der Waals surface area contributed by atoms with Gasteiger partial charge in [0.1, 0.15) is 11.8 Å². The molecule has 1 atom stereocenters. The molecule has 0 aliphatic carbocycles. The monoisotopic (exact) mass is 358 g/mol. The van der Waals surface area contributed by atoms with Crippen LogP contribution in [0.4, 0.5) is 10.5 Å². The minimum Gasteiger partial charge on any atom is -0.495 e. The van der Waals surface area contributed by atoms with Crippen molar-refractivity contribution in [1.29, 1.82) is 0 Å². The first-order chi connectivity index (χ1) is 9.83. The summed E-state index contributed by atoms with van der Waals surface area (Å²) in [6, 6.07) is 3.58. The number of ether oxygens (including phenoxy) is 1. The Kier molecular flexibility index (Phi) is 6.48. The predicted molar refractivity (Wildman–Crippen MR) is 83.7 cm³/mol. The third kappa shape index (κ3) is 5.63. The fourth-order valence-corrected chi connectivity index (χ4v) is 2.16. The summed E-state index contributed by atoms with van der Waals surface area (Å²) in [5, 5.41) is 14.1. The minimum absolute atomic E-state index is 0.166. The van der Waals surface area contributed by atoms with Crippen LogP contribution in [0.3, 0.4) is 0 Å². The van der Waals surface area contributed by atoms with Gasteiger partial charge >= 0.3 is 12.0 Å². The summed E-state index contributed by atoms with van der Waals surface area (Å²) in [5.41, 5.74) is 0.515. The first-order valence-corrected chi connectivity index (χ1v) is 7.26. The second-order valence-electron chi connectivity index (χ2n) is 4.97. The smallest absolute Gasteiger partial charge is 0.326 e. The molecule has 116 valence electrons. The van der Waals surface area contributed by atoms with Gasteiger partial charge in [-0.3, -0.25) is 0 Å². The minimum atomic E-state index is -1.05. The lowest BCUT2D eigenvalue weighted by Gasteiger charge is -2.17. The third-order valence-electron chi connectivity index (χ3n) is 2.72. The SMILES string of the molecule is COc1cc(NC(=O)N[C@@H](CC(C)C)C(=O)O)ccc1Br. The second kappa shape index (κ2) is 7.87. The number of carboxylic acid groups (broad SMARTS) is 1.